The Labute approximate surface area is 109 Å². The van der Waals surface area contributed by atoms with E-state index in [9.17, 15) is 4.39 Å². The molecule has 2 rings (SSSR count). The highest BCUT2D eigenvalue weighted by Crippen LogP contribution is 2.32. The fraction of sp³-hybridized carbons (Fsp3) is 0.538. The van der Waals surface area contributed by atoms with E-state index in [1.54, 1.807) is 0 Å². The fourth-order valence-electron chi connectivity index (χ4n) is 2.36. The number of halogens is 3. The molecule has 1 saturated carbocycles. The monoisotopic (exact) mass is 304 g/mol. The van der Waals surface area contributed by atoms with Gasteiger partial charge in [0.2, 0.25) is 0 Å². The molecule has 0 aromatic heterocycles. The van der Waals surface area contributed by atoms with Gasteiger partial charge in [0.05, 0.1) is 0 Å². The van der Waals surface area contributed by atoms with Crippen molar-refractivity contribution in [2.75, 3.05) is 0 Å². The first-order valence-electron chi connectivity index (χ1n) is 5.75. The van der Waals surface area contributed by atoms with Crippen molar-refractivity contribution in [3.8, 4) is 0 Å². The van der Waals surface area contributed by atoms with E-state index in [0.29, 0.717) is 5.92 Å². The van der Waals surface area contributed by atoms with Crippen LogP contribution in [0.5, 0.6) is 0 Å². The van der Waals surface area contributed by atoms with Crippen LogP contribution in [0.3, 0.4) is 0 Å². The van der Waals surface area contributed by atoms with Gasteiger partial charge in [0.25, 0.3) is 0 Å². The molecule has 1 fully saturated rings. The van der Waals surface area contributed by atoms with Gasteiger partial charge in [0.15, 0.2) is 0 Å². The van der Waals surface area contributed by atoms with Gasteiger partial charge >= 0.3 is 0 Å². The molecular formula is C13H15BrClF. The SMILES string of the molecule is Fc1cc(Br)ccc1CC1CCCCC1Cl. The topological polar surface area (TPSA) is 0 Å². The maximum atomic E-state index is 13.7. The van der Waals surface area contributed by atoms with Gasteiger partial charge in [0.1, 0.15) is 5.82 Å². The van der Waals surface area contributed by atoms with Crippen LogP contribution >= 0.6 is 27.5 Å². The van der Waals surface area contributed by atoms with Gasteiger partial charge in [-0.15, -0.1) is 11.6 Å². The lowest BCUT2D eigenvalue weighted by molar-refractivity contribution is 0.360. The van der Waals surface area contributed by atoms with E-state index in [1.165, 1.54) is 18.9 Å². The second-order valence-corrected chi connectivity index (χ2v) is 5.98. The lowest BCUT2D eigenvalue weighted by Crippen LogP contribution is -2.22. The van der Waals surface area contributed by atoms with Crippen LogP contribution in [0, 0.1) is 11.7 Å². The summed E-state index contributed by atoms with van der Waals surface area (Å²) < 4.78 is 14.5. The number of rotatable bonds is 2. The fourth-order valence-corrected chi connectivity index (χ4v) is 3.06. The molecule has 16 heavy (non-hydrogen) atoms. The van der Waals surface area contributed by atoms with Crippen LogP contribution in [0.15, 0.2) is 22.7 Å². The van der Waals surface area contributed by atoms with E-state index in [2.05, 4.69) is 15.9 Å². The molecule has 0 amide bonds. The average molecular weight is 306 g/mol. The Morgan fingerprint density at radius 3 is 2.75 bits per heavy atom. The Kier molecular flexibility index (Phi) is 4.26. The van der Waals surface area contributed by atoms with E-state index >= 15 is 0 Å². The maximum absolute atomic E-state index is 13.7. The molecule has 2 atom stereocenters. The van der Waals surface area contributed by atoms with Crippen molar-refractivity contribution < 1.29 is 4.39 Å². The standard InChI is InChI=1S/C13H15BrClF/c14-11-6-5-10(13(16)8-11)7-9-3-1-2-4-12(9)15/h5-6,8-9,12H,1-4,7H2. The zero-order chi connectivity index (χ0) is 11.5. The Morgan fingerprint density at radius 1 is 1.31 bits per heavy atom. The zero-order valence-corrected chi connectivity index (χ0v) is 11.4. The lowest BCUT2D eigenvalue weighted by Gasteiger charge is -2.27. The highest BCUT2D eigenvalue weighted by atomic mass is 79.9. The second-order valence-electron chi connectivity index (χ2n) is 4.50. The number of hydrogen-bond acceptors (Lipinski definition) is 0. The van der Waals surface area contributed by atoms with E-state index < -0.39 is 0 Å². The summed E-state index contributed by atoms with van der Waals surface area (Å²) in [5.74, 6) is 0.315. The molecular weight excluding hydrogens is 290 g/mol. The van der Waals surface area contributed by atoms with Crippen LogP contribution in [-0.4, -0.2) is 5.38 Å². The van der Waals surface area contributed by atoms with Gasteiger partial charge in [-0.2, -0.15) is 0 Å². The minimum absolute atomic E-state index is 0.121. The van der Waals surface area contributed by atoms with Gasteiger partial charge in [-0.1, -0.05) is 34.8 Å². The summed E-state index contributed by atoms with van der Waals surface area (Å²) in [5.41, 5.74) is 0.792. The van der Waals surface area contributed by atoms with Crippen LogP contribution in [0.1, 0.15) is 31.2 Å². The van der Waals surface area contributed by atoms with Gasteiger partial charge in [-0.05, 0) is 42.9 Å². The summed E-state index contributed by atoms with van der Waals surface area (Å²) in [4.78, 5) is 0. The van der Waals surface area contributed by atoms with Crippen molar-refractivity contribution >= 4 is 27.5 Å². The summed E-state index contributed by atoms with van der Waals surface area (Å²) in [6.45, 7) is 0. The third kappa shape index (κ3) is 2.98. The van der Waals surface area contributed by atoms with Crippen LogP contribution in [-0.2, 0) is 6.42 Å². The average Bonchev–Trinajstić information content (AvgIpc) is 2.25. The highest BCUT2D eigenvalue weighted by Gasteiger charge is 2.24. The van der Waals surface area contributed by atoms with E-state index in [-0.39, 0.29) is 11.2 Å². The van der Waals surface area contributed by atoms with Gasteiger partial charge in [-0.25, -0.2) is 4.39 Å². The third-order valence-electron chi connectivity index (χ3n) is 3.31. The minimum atomic E-state index is -0.121. The summed E-state index contributed by atoms with van der Waals surface area (Å²) in [7, 11) is 0. The Bertz CT molecular complexity index is 367. The molecule has 0 aliphatic heterocycles. The number of benzene rings is 1. The van der Waals surface area contributed by atoms with Crippen molar-refractivity contribution in [1.82, 2.24) is 0 Å². The molecule has 1 aromatic carbocycles. The molecule has 1 aromatic rings. The van der Waals surface area contributed by atoms with Gasteiger partial charge in [0, 0.05) is 9.85 Å². The minimum Gasteiger partial charge on any atom is -0.207 e. The predicted octanol–water partition coefficient (Wildman–Crippen LogP) is 4.93. The second kappa shape index (κ2) is 5.50. The van der Waals surface area contributed by atoms with Crippen LogP contribution in [0.2, 0.25) is 0 Å². The van der Waals surface area contributed by atoms with Crippen molar-refractivity contribution in [1.29, 1.82) is 0 Å². The molecule has 0 spiro atoms. The Morgan fingerprint density at radius 2 is 2.06 bits per heavy atom. The van der Waals surface area contributed by atoms with Gasteiger partial charge < -0.3 is 0 Å². The van der Waals surface area contributed by atoms with E-state index in [4.69, 9.17) is 11.6 Å². The van der Waals surface area contributed by atoms with E-state index in [1.807, 2.05) is 12.1 Å². The normalized spacial score (nSPS) is 25.7. The van der Waals surface area contributed by atoms with Crippen LogP contribution in [0.25, 0.3) is 0 Å². The molecule has 3 heteroatoms. The molecule has 2 unspecified atom stereocenters. The Balaban J connectivity index is 2.07. The van der Waals surface area contributed by atoms with Crippen LogP contribution < -0.4 is 0 Å². The molecule has 0 N–H and O–H groups in total. The summed E-state index contributed by atoms with van der Waals surface area (Å²) in [6, 6.07) is 5.28. The summed E-state index contributed by atoms with van der Waals surface area (Å²) >= 11 is 9.55. The van der Waals surface area contributed by atoms with Crippen LogP contribution in [0.4, 0.5) is 4.39 Å². The predicted molar refractivity (Wildman–Crippen MR) is 69.4 cm³/mol. The molecule has 1 aliphatic carbocycles. The molecule has 0 radical (unpaired) electrons. The molecule has 0 heterocycles. The number of hydrogen-bond donors (Lipinski definition) is 0. The van der Waals surface area contributed by atoms with Gasteiger partial charge in [-0.3, -0.25) is 0 Å². The molecule has 0 bridgehead atoms. The van der Waals surface area contributed by atoms with Crippen molar-refractivity contribution in [2.45, 2.75) is 37.5 Å². The van der Waals surface area contributed by atoms with Crippen molar-refractivity contribution in [2.24, 2.45) is 5.92 Å². The molecule has 0 nitrogen and oxygen atoms in total. The largest absolute Gasteiger partial charge is 0.207 e. The first-order chi connectivity index (χ1) is 7.66. The van der Waals surface area contributed by atoms with Crippen molar-refractivity contribution in [3.05, 3.63) is 34.1 Å². The summed E-state index contributed by atoms with van der Waals surface area (Å²) in [6.07, 6.45) is 5.42. The molecule has 0 saturated heterocycles. The third-order valence-corrected chi connectivity index (χ3v) is 4.38. The van der Waals surface area contributed by atoms with Crippen molar-refractivity contribution in [3.63, 3.8) is 0 Å². The first kappa shape index (κ1) is 12.4. The highest BCUT2D eigenvalue weighted by molar-refractivity contribution is 9.10. The van der Waals surface area contributed by atoms with E-state index in [0.717, 1.165) is 29.3 Å². The first-order valence-corrected chi connectivity index (χ1v) is 6.98. The quantitative estimate of drug-likeness (QED) is 0.680. The Hall–Kier alpha value is -0.0800. The maximum Gasteiger partial charge on any atom is 0.127 e. The smallest absolute Gasteiger partial charge is 0.127 e. The molecule has 88 valence electrons. The molecule has 1 aliphatic rings. The zero-order valence-electron chi connectivity index (χ0n) is 9.06. The lowest BCUT2D eigenvalue weighted by atomic mass is 9.84. The number of alkyl halides is 1. The summed E-state index contributed by atoms with van der Waals surface area (Å²) in [5, 5.41) is 0.219.